The number of carbonyl (C=O) groups is 1. The van der Waals surface area contributed by atoms with Crippen LogP contribution in [0.5, 0.6) is 17.2 Å². The number of primary amides is 1. The molecule has 88 valence electrons. The van der Waals surface area contributed by atoms with Gasteiger partial charge in [-0.05, 0) is 6.92 Å². The molecule has 0 heterocycles. The second-order valence-electron chi connectivity index (χ2n) is 3.21. The molecule has 1 atom stereocenters. The van der Waals surface area contributed by atoms with Crippen LogP contribution in [0.15, 0.2) is 18.2 Å². The molecule has 2 N–H and O–H groups in total. The fraction of sp³-hybridized carbons (Fsp3) is 0.364. The van der Waals surface area contributed by atoms with Crippen molar-refractivity contribution in [1.29, 1.82) is 0 Å². The molecule has 5 nitrogen and oxygen atoms in total. The maximum absolute atomic E-state index is 10.8. The molecule has 1 aromatic carbocycles. The second-order valence-corrected chi connectivity index (χ2v) is 3.21. The van der Waals surface area contributed by atoms with Gasteiger partial charge in [0.15, 0.2) is 6.10 Å². The predicted octanol–water partition coefficient (Wildman–Crippen LogP) is 0.956. The number of amides is 1. The van der Waals surface area contributed by atoms with Crippen LogP contribution in [0, 0.1) is 0 Å². The Balaban J connectivity index is 2.90. The van der Waals surface area contributed by atoms with Gasteiger partial charge in [-0.2, -0.15) is 0 Å². The molecule has 16 heavy (non-hydrogen) atoms. The molecule has 0 saturated heterocycles. The lowest BCUT2D eigenvalue weighted by atomic mass is 10.3. The van der Waals surface area contributed by atoms with Crippen LogP contribution in [0.3, 0.4) is 0 Å². The molecule has 0 saturated carbocycles. The van der Waals surface area contributed by atoms with Gasteiger partial charge in [0.25, 0.3) is 5.91 Å². The highest BCUT2D eigenvalue weighted by molar-refractivity contribution is 5.78. The van der Waals surface area contributed by atoms with Gasteiger partial charge in [0.05, 0.1) is 14.2 Å². The van der Waals surface area contributed by atoms with Gasteiger partial charge in [0, 0.05) is 18.2 Å². The minimum atomic E-state index is -0.697. The van der Waals surface area contributed by atoms with E-state index in [1.165, 1.54) is 14.2 Å². The second kappa shape index (κ2) is 5.25. The van der Waals surface area contributed by atoms with E-state index in [1.807, 2.05) is 0 Å². The first-order valence-corrected chi connectivity index (χ1v) is 4.76. The Morgan fingerprint density at radius 1 is 1.12 bits per heavy atom. The third-order valence-corrected chi connectivity index (χ3v) is 2.04. The highest BCUT2D eigenvalue weighted by atomic mass is 16.5. The number of benzene rings is 1. The van der Waals surface area contributed by atoms with Crippen LogP contribution in [0.2, 0.25) is 0 Å². The third-order valence-electron chi connectivity index (χ3n) is 2.04. The number of nitrogens with two attached hydrogens (primary N) is 1. The number of methoxy groups -OCH3 is 2. The van der Waals surface area contributed by atoms with E-state index in [9.17, 15) is 4.79 Å². The van der Waals surface area contributed by atoms with Crippen molar-refractivity contribution in [3.63, 3.8) is 0 Å². The van der Waals surface area contributed by atoms with Gasteiger partial charge in [-0.15, -0.1) is 0 Å². The van der Waals surface area contributed by atoms with E-state index >= 15 is 0 Å². The maximum atomic E-state index is 10.8. The Kier molecular flexibility index (Phi) is 3.99. The molecule has 0 aromatic heterocycles. The van der Waals surface area contributed by atoms with E-state index in [4.69, 9.17) is 19.9 Å². The van der Waals surface area contributed by atoms with Crippen molar-refractivity contribution in [3.8, 4) is 17.2 Å². The number of rotatable bonds is 5. The molecule has 0 spiro atoms. The zero-order valence-electron chi connectivity index (χ0n) is 9.52. The minimum Gasteiger partial charge on any atom is -0.496 e. The van der Waals surface area contributed by atoms with Crippen LogP contribution in [-0.4, -0.2) is 26.2 Å². The lowest BCUT2D eigenvalue weighted by molar-refractivity contribution is -0.123. The first-order valence-electron chi connectivity index (χ1n) is 4.76. The molecular weight excluding hydrogens is 210 g/mol. The lowest BCUT2D eigenvalue weighted by Crippen LogP contribution is -2.30. The Bertz CT molecular complexity index is 356. The molecule has 1 aromatic rings. The van der Waals surface area contributed by atoms with Crippen LogP contribution < -0.4 is 19.9 Å². The summed E-state index contributed by atoms with van der Waals surface area (Å²) in [6, 6.07) is 5.02. The van der Waals surface area contributed by atoms with Crippen LogP contribution in [0.25, 0.3) is 0 Å². The maximum Gasteiger partial charge on any atom is 0.258 e. The van der Waals surface area contributed by atoms with Gasteiger partial charge in [-0.25, -0.2) is 0 Å². The third kappa shape index (κ3) is 3.05. The first kappa shape index (κ1) is 12.2. The van der Waals surface area contributed by atoms with Gasteiger partial charge in [-0.3, -0.25) is 4.79 Å². The summed E-state index contributed by atoms with van der Waals surface area (Å²) in [5.41, 5.74) is 5.10. The van der Waals surface area contributed by atoms with E-state index < -0.39 is 12.0 Å². The van der Waals surface area contributed by atoms with Crippen molar-refractivity contribution in [2.24, 2.45) is 5.73 Å². The van der Waals surface area contributed by atoms with Crippen LogP contribution >= 0.6 is 0 Å². The molecule has 0 bridgehead atoms. The summed E-state index contributed by atoms with van der Waals surface area (Å²) in [5, 5.41) is 0. The normalized spacial score (nSPS) is 11.7. The Labute approximate surface area is 94.1 Å². The van der Waals surface area contributed by atoms with Crippen LogP contribution in [-0.2, 0) is 4.79 Å². The van der Waals surface area contributed by atoms with Crippen LogP contribution in [0.1, 0.15) is 6.92 Å². The summed E-state index contributed by atoms with van der Waals surface area (Å²) in [6.07, 6.45) is -0.697. The highest BCUT2D eigenvalue weighted by Crippen LogP contribution is 2.27. The Morgan fingerprint density at radius 3 is 1.94 bits per heavy atom. The van der Waals surface area contributed by atoms with Gasteiger partial charge in [0.2, 0.25) is 0 Å². The van der Waals surface area contributed by atoms with E-state index in [1.54, 1.807) is 25.1 Å². The highest BCUT2D eigenvalue weighted by Gasteiger charge is 2.11. The molecule has 0 aliphatic rings. The minimum absolute atomic E-state index is 0.475. The molecule has 0 fully saturated rings. The van der Waals surface area contributed by atoms with E-state index in [0.29, 0.717) is 17.2 Å². The van der Waals surface area contributed by atoms with Crippen molar-refractivity contribution >= 4 is 5.91 Å². The number of hydrogen-bond acceptors (Lipinski definition) is 4. The number of carbonyl (C=O) groups excluding carboxylic acids is 1. The monoisotopic (exact) mass is 225 g/mol. The molecule has 1 rings (SSSR count). The van der Waals surface area contributed by atoms with Gasteiger partial charge in [-0.1, -0.05) is 0 Å². The molecule has 0 radical (unpaired) electrons. The summed E-state index contributed by atoms with van der Waals surface area (Å²) in [4.78, 5) is 10.8. The topological polar surface area (TPSA) is 70.8 Å². The van der Waals surface area contributed by atoms with Gasteiger partial charge in [0.1, 0.15) is 17.2 Å². The predicted molar refractivity (Wildman–Crippen MR) is 58.8 cm³/mol. The fourth-order valence-corrected chi connectivity index (χ4v) is 1.11. The molecule has 0 aliphatic heterocycles. The van der Waals surface area contributed by atoms with E-state index in [-0.39, 0.29) is 0 Å². The van der Waals surface area contributed by atoms with Crippen molar-refractivity contribution in [2.75, 3.05) is 14.2 Å². The van der Waals surface area contributed by atoms with Gasteiger partial charge < -0.3 is 19.9 Å². The van der Waals surface area contributed by atoms with Crippen molar-refractivity contribution in [1.82, 2.24) is 0 Å². The summed E-state index contributed by atoms with van der Waals surface area (Å²) < 4.78 is 15.5. The molecule has 1 amide bonds. The molecule has 1 unspecified atom stereocenters. The summed E-state index contributed by atoms with van der Waals surface area (Å²) in [6.45, 7) is 1.58. The zero-order valence-corrected chi connectivity index (χ0v) is 9.52. The van der Waals surface area contributed by atoms with Crippen molar-refractivity contribution < 1.29 is 19.0 Å². The Hall–Kier alpha value is -1.91. The van der Waals surface area contributed by atoms with E-state index in [0.717, 1.165) is 0 Å². The van der Waals surface area contributed by atoms with Gasteiger partial charge >= 0.3 is 0 Å². The van der Waals surface area contributed by atoms with Crippen molar-refractivity contribution in [3.05, 3.63) is 18.2 Å². The van der Waals surface area contributed by atoms with E-state index in [2.05, 4.69) is 0 Å². The van der Waals surface area contributed by atoms with Crippen molar-refractivity contribution in [2.45, 2.75) is 13.0 Å². The standard InChI is InChI=1S/C11H15NO4/c1-7(11(12)13)16-10-5-8(14-2)4-9(6-10)15-3/h4-7H,1-3H3,(H2,12,13). The molecule has 0 aliphatic carbocycles. The fourth-order valence-electron chi connectivity index (χ4n) is 1.11. The molecular formula is C11H15NO4. The SMILES string of the molecule is COc1cc(OC)cc(OC(C)C(N)=O)c1. The smallest absolute Gasteiger partial charge is 0.258 e. The summed E-state index contributed by atoms with van der Waals surface area (Å²) in [7, 11) is 3.08. The average molecular weight is 225 g/mol. The number of hydrogen-bond donors (Lipinski definition) is 1. The summed E-state index contributed by atoms with van der Waals surface area (Å²) >= 11 is 0. The van der Waals surface area contributed by atoms with Crippen LogP contribution in [0.4, 0.5) is 0 Å². The largest absolute Gasteiger partial charge is 0.496 e. The number of ether oxygens (including phenoxy) is 3. The Morgan fingerprint density at radius 2 is 1.56 bits per heavy atom. The first-order chi connectivity index (χ1) is 7.56. The quantitative estimate of drug-likeness (QED) is 0.810. The lowest BCUT2D eigenvalue weighted by Gasteiger charge is -2.13. The molecule has 5 heteroatoms. The summed E-state index contributed by atoms with van der Waals surface area (Å²) in [5.74, 6) is 1.13. The zero-order chi connectivity index (χ0) is 12.1. The average Bonchev–Trinajstić information content (AvgIpc) is 2.28.